The van der Waals surface area contributed by atoms with Gasteiger partial charge in [0.05, 0.1) is 11.3 Å². The number of nitrogens with two attached hydrogens (primary N) is 1. The van der Waals surface area contributed by atoms with Crippen LogP contribution in [-0.4, -0.2) is 11.4 Å². The van der Waals surface area contributed by atoms with E-state index in [1.54, 1.807) is 12.1 Å². The number of hydrogen-bond donors (Lipinski definition) is 2. The number of aryl methyl sites for hydroxylation is 1. The molecule has 0 aliphatic heterocycles. The molecule has 0 amide bonds. The number of phenols is 1. The Morgan fingerprint density at radius 3 is 2.73 bits per heavy atom. The summed E-state index contributed by atoms with van der Waals surface area (Å²) in [7, 11) is 0. The van der Waals surface area contributed by atoms with Gasteiger partial charge in [-0.25, -0.2) is 0 Å². The predicted molar refractivity (Wildman–Crippen MR) is 42.6 cm³/mol. The maximum atomic E-state index is 10.3. The van der Waals surface area contributed by atoms with E-state index in [0.29, 0.717) is 6.29 Å². The van der Waals surface area contributed by atoms with Gasteiger partial charge in [0.2, 0.25) is 0 Å². The first-order valence-electron chi connectivity index (χ1n) is 3.19. The Morgan fingerprint density at radius 1 is 1.55 bits per heavy atom. The van der Waals surface area contributed by atoms with Crippen LogP contribution in [0.15, 0.2) is 12.1 Å². The normalized spacial score (nSPS) is 9.55. The lowest BCUT2D eigenvalue weighted by atomic mass is 10.1. The van der Waals surface area contributed by atoms with Crippen molar-refractivity contribution < 1.29 is 9.90 Å². The van der Waals surface area contributed by atoms with Gasteiger partial charge in [0.15, 0.2) is 6.29 Å². The lowest BCUT2D eigenvalue weighted by molar-refractivity contribution is 0.112. The van der Waals surface area contributed by atoms with Gasteiger partial charge in [-0.3, -0.25) is 4.79 Å². The zero-order chi connectivity index (χ0) is 8.43. The summed E-state index contributed by atoms with van der Waals surface area (Å²) in [5.74, 6) is -0.134. The summed E-state index contributed by atoms with van der Waals surface area (Å²) in [6.07, 6.45) is 0.582. The van der Waals surface area contributed by atoms with E-state index < -0.39 is 0 Å². The number of nitrogen functional groups attached to an aromatic ring is 1. The van der Waals surface area contributed by atoms with Gasteiger partial charge in [0, 0.05) is 0 Å². The third-order valence-corrected chi connectivity index (χ3v) is 1.44. The fourth-order valence-electron chi connectivity index (χ4n) is 0.925. The maximum Gasteiger partial charge on any atom is 0.153 e. The average Bonchev–Trinajstić information content (AvgIpc) is 1.96. The molecule has 11 heavy (non-hydrogen) atoms. The maximum absolute atomic E-state index is 10.3. The van der Waals surface area contributed by atoms with E-state index in [9.17, 15) is 4.79 Å². The van der Waals surface area contributed by atoms with E-state index in [1.807, 2.05) is 6.92 Å². The van der Waals surface area contributed by atoms with Gasteiger partial charge in [-0.15, -0.1) is 0 Å². The highest BCUT2D eigenvalue weighted by Gasteiger charge is 2.03. The largest absolute Gasteiger partial charge is 0.505 e. The molecule has 0 saturated carbocycles. The molecule has 1 rings (SSSR count). The molecular weight excluding hydrogens is 142 g/mol. The number of aldehydes is 1. The monoisotopic (exact) mass is 151 g/mol. The van der Waals surface area contributed by atoms with E-state index in [0.717, 1.165) is 5.56 Å². The summed E-state index contributed by atoms with van der Waals surface area (Å²) in [5, 5.41) is 9.17. The van der Waals surface area contributed by atoms with Crippen molar-refractivity contribution in [2.75, 3.05) is 5.73 Å². The summed E-state index contributed by atoms with van der Waals surface area (Å²) in [6.45, 7) is 1.81. The molecule has 3 N–H and O–H groups in total. The Labute approximate surface area is 64.5 Å². The highest BCUT2D eigenvalue weighted by Crippen LogP contribution is 2.24. The van der Waals surface area contributed by atoms with Crippen molar-refractivity contribution in [2.45, 2.75) is 6.92 Å². The Kier molecular flexibility index (Phi) is 1.81. The van der Waals surface area contributed by atoms with Gasteiger partial charge in [-0.2, -0.15) is 0 Å². The molecule has 1 aromatic rings. The smallest absolute Gasteiger partial charge is 0.153 e. The zero-order valence-electron chi connectivity index (χ0n) is 6.16. The summed E-state index contributed by atoms with van der Waals surface area (Å²) < 4.78 is 0. The van der Waals surface area contributed by atoms with Crippen molar-refractivity contribution in [3.05, 3.63) is 23.3 Å². The third-order valence-electron chi connectivity index (χ3n) is 1.44. The Hall–Kier alpha value is -1.51. The highest BCUT2D eigenvalue weighted by atomic mass is 16.3. The molecule has 0 fully saturated rings. The summed E-state index contributed by atoms with van der Waals surface area (Å²) in [4.78, 5) is 10.3. The van der Waals surface area contributed by atoms with Crippen molar-refractivity contribution in [1.29, 1.82) is 0 Å². The molecule has 0 aliphatic carbocycles. The molecule has 3 nitrogen and oxygen atoms in total. The zero-order valence-corrected chi connectivity index (χ0v) is 6.16. The Morgan fingerprint density at radius 2 is 2.18 bits per heavy atom. The summed E-state index contributed by atoms with van der Waals surface area (Å²) in [6, 6.07) is 3.20. The fraction of sp³-hybridized carbons (Fsp3) is 0.125. The second-order valence-corrected chi connectivity index (χ2v) is 2.41. The van der Waals surface area contributed by atoms with E-state index >= 15 is 0 Å². The van der Waals surface area contributed by atoms with E-state index in [-0.39, 0.29) is 17.0 Å². The number of aromatic hydroxyl groups is 1. The predicted octanol–water partition coefficient (Wildman–Crippen LogP) is 1.10. The number of rotatable bonds is 1. The average molecular weight is 151 g/mol. The topological polar surface area (TPSA) is 63.3 Å². The van der Waals surface area contributed by atoms with E-state index in [1.165, 1.54) is 0 Å². The standard InChI is InChI=1S/C8H9NO2/c1-5-2-6(4-10)8(11)7(9)3-5/h2-4,11H,9H2,1H3. The van der Waals surface area contributed by atoms with Crippen LogP contribution < -0.4 is 5.73 Å². The summed E-state index contributed by atoms with van der Waals surface area (Å²) in [5.41, 5.74) is 6.73. The molecule has 0 heterocycles. The molecule has 0 saturated heterocycles. The van der Waals surface area contributed by atoms with Crippen molar-refractivity contribution in [2.24, 2.45) is 0 Å². The summed E-state index contributed by atoms with van der Waals surface area (Å²) >= 11 is 0. The van der Waals surface area contributed by atoms with Gasteiger partial charge in [-0.05, 0) is 24.6 Å². The molecule has 3 heteroatoms. The number of hydrogen-bond acceptors (Lipinski definition) is 3. The first-order valence-corrected chi connectivity index (χ1v) is 3.19. The molecular formula is C8H9NO2. The van der Waals surface area contributed by atoms with Crippen molar-refractivity contribution in [1.82, 2.24) is 0 Å². The Balaban J connectivity index is 3.35. The molecule has 1 aromatic carbocycles. The first-order chi connectivity index (χ1) is 5.15. The van der Waals surface area contributed by atoms with Crippen molar-refractivity contribution >= 4 is 12.0 Å². The molecule has 58 valence electrons. The van der Waals surface area contributed by atoms with Crippen molar-refractivity contribution in [3.63, 3.8) is 0 Å². The second-order valence-electron chi connectivity index (χ2n) is 2.41. The minimum absolute atomic E-state index is 0.134. The van der Waals surface area contributed by atoms with Crippen molar-refractivity contribution in [3.8, 4) is 5.75 Å². The van der Waals surface area contributed by atoms with Crippen LogP contribution in [0.25, 0.3) is 0 Å². The number of anilines is 1. The van der Waals surface area contributed by atoms with Crippen LogP contribution in [0.4, 0.5) is 5.69 Å². The molecule has 0 spiro atoms. The van der Waals surface area contributed by atoms with E-state index in [2.05, 4.69) is 0 Å². The highest BCUT2D eigenvalue weighted by molar-refractivity contribution is 5.83. The van der Waals surface area contributed by atoms with Gasteiger partial charge in [-0.1, -0.05) is 0 Å². The molecule has 0 bridgehead atoms. The lowest BCUT2D eigenvalue weighted by Crippen LogP contribution is -1.91. The molecule has 0 unspecified atom stereocenters. The van der Waals surface area contributed by atoms with Gasteiger partial charge in [0.1, 0.15) is 5.75 Å². The quantitative estimate of drug-likeness (QED) is 0.359. The van der Waals surface area contributed by atoms with Gasteiger partial charge >= 0.3 is 0 Å². The lowest BCUT2D eigenvalue weighted by Gasteiger charge is -2.02. The number of benzene rings is 1. The third kappa shape index (κ3) is 1.32. The Bertz CT molecular complexity index is 294. The fourth-order valence-corrected chi connectivity index (χ4v) is 0.925. The minimum atomic E-state index is -0.134. The first kappa shape index (κ1) is 7.60. The molecule has 0 atom stereocenters. The number of phenolic OH excluding ortho intramolecular Hbond substituents is 1. The van der Waals surface area contributed by atoms with Crippen LogP contribution in [0.1, 0.15) is 15.9 Å². The van der Waals surface area contributed by atoms with Gasteiger partial charge < -0.3 is 10.8 Å². The van der Waals surface area contributed by atoms with E-state index in [4.69, 9.17) is 10.8 Å². The molecule has 0 aliphatic rings. The van der Waals surface area contributed by atoms with Crippen LogP contribution in [0.2, 0.25) is 0 Å². The molecule has 0 radical (unpaired) electrons. The van der Waals surface area contributed by atoms with Gasteiger partial charge in [0.25, 0.3) is 0 Å². The minimum Gasteiger partial charge on any atom is -0.505 e. The second kappa shape index (κ2) is 2.62. The van der Waals surface area contributed by atoms with Crippen LogP contribution in [0.3, 0.4) is 0 Å². The van der Waals surface area contributed by atoms with Crippen LogP contribution in [0.5, 0.6) is 5.75 Å². The van der Waals surface area contributed by atoms with Crippen LogP contribution in [0, 0.1) is 6.92 Å². The SMILES string of the molecule is Cc1cc(N)c(O)c(C=O)c1. The molecule has 0 aromatic heterocycles. The number of carbonyl (C=O) groups excluding carboxylic acids is 1. The van der Waals surface area contributed by atoms with Crippen LogP contribution in [-0.2, 0) is 0 Å². The van der Waals surface area contributed by atoms with Crippen LogP contribution >= 0.6 is 0 Å². The number of carbonyl (C=O) groups is 1.